The Balaban J connectivity index is 2.66. The molecule has 1 aromatic rings. The third kappa shape index (κ3) is 5.62. The fraction of sp³-hybridized carbons (Fsp3) is 0.333. The van der Waals surface area contributed by atoms with Crippen LogP contribution in [-0.4, -0.2) is 29.4 Å². The van der Waals surface area contributed by atoms with Gasteiger partial charge in [0.05, 0.1) is 6.04 Å². The Morgan fingerprint density at radius 3 is 2.53 bits per heavy atom. The summed E-state index contributed by atoms with van der Waals surface area (Å²) in [4.78, 5) is 36.6. The van der Waals surface area contributed by atoms with Crippen LogP contribution in [0.5, 0.6) is 0 Å². The normalized spacial score (nSPS) is 11.4. The molecule has 0 fully saturated rings. The molecule has 0 aliphatic heterocycles. The third-order valence-corrected chi connectivity index (χ3v) is 2.36. The Labute approximate surface area is 109 Å². The zero-order valence-electron chi connectivity index (χ0n) is 10.4. The standard InChI is InChI=1S/C12H14N2O5/c1-9(15)12(16)13-11(8-19-14(17)18)7-10-5-3-2-4-6-10/h2-6,11H,7-8H2,1H3,(H,13,16)/t11-/m0/s1. The molecule has 7 nitrogen and oxygen atoms in total. The van der Waals surface area contributed by atoms with Crippen LogP contribution >= 0.6 is 0 Å². The predicted octanol–water partition coefficient (Wildman–Crippen LogP) is 0.511. The topological polar surface area (TPSA) is 98.5 Å². The fourth-order valence-electron chi connectivity index (χ4n) is 1.49. The smallest absolute Gasteiger partial charge is 0.294 e. The second kappa shape index (κ2) is 7.10. The fourth-order valence-corrected chi connectivity index (χ4v) is 1.49. The third-order valence-electron chi connectivity index (χ3n) is 2.36. The van der Waals surface area contributed by atoms with Crippen molar-refractivity contribution in [2.24, 2.45) is 0 Å². The van der Waals surface area contributed by atoms with Gasteiger partial charge in [0.15, 0.2) is 0 Å². The highest BCUT2D eigenvalue weighted by molar-refractivity contribution is 6.35. The number of ketones is 1. The molecule has 102 valence electrons. The summed E-state index contributed by atoms with van der Waals surface area (Å²) in [6.45, 7) is 0.824. The highest BCUT2D eigenvalue weighted by Gasteiger charge is 2.17. The molecule has 19 heavy (non-hydrogen) atoms. The van der Waals surface area contributed by atoms with Crippen molar-refractivity contribution in [1.29, 1.82) is 0 Å². The molecule has 0 aliphatic carbocycles. The van der Waals surface area contributed by atoms with E-state index >= 15 is 0 Å². The van der Waals surface area contributed by atoms with Gasteiger partial charge in [-0.15, -0.1) is 10.1 Å². The van der Waals surface area contributed by atoms with E-state index in [1.54, 1.807) is 0 Å². The van der Waals surface area contributed by atoms with Crippen LogP contribution in [0.15, 0.2) is 30.3 Å². The molecular formula is C12H14N2O5. The zero-order valence-corrected chi connectivity index (χ0v) is 10.4. The van der Waals surface area contributed by atoms with Crippen LogP contribution in [0.25, 0.3) is 0 Å². The molecule has 0 unspecified atom stereocenters. The number of rotatable bonds is 7. The number of nitrogens with zero attached hydrogens (tertiary/aromatic N) is 1. The Morgan fingerprint density at radius 1 is 1.37 bits per heavy atom. The molecule has 7 heteroatoms. The van der Waals surface area contributed by atoms with Crippen LogP contribution in [0.3, 0.4) is 0 Å². The maximum Gasteiger partial charge on any atom is 0.294 e. The molecule has 0 aliphatic rings. The minimum absolute atomic E-state index is 0.305. The van der Waals surface area contributed by atoms with Gasteiger partial charge in [-0.1, -0.05) is 30.3 Å². The van der Waals surface area contributed by atoms with Crippen molar-refractivity contribution < 1.29 is 19.5 Å². The Hall–Kier alpha value is -2.44. The first-order valence-electron chi connectivity index (χ1n) is 5.61. The lowest BCUT2D eigenvalue weighted by Gasteiger charge is -2.16. The second-order valence-corrected chi connectivity index (χ2v) is 3.94. The van der Waals surface area contributed by atoms with E-state index in [0.717, 1.165) is 12.5 Å². The average Bonchev–Trinajstić information content (AvgIpc) is 2.37. The Kier molecular flexibility index (Phi) is 5.46. The number of carbonyl (C=O) groups is 2. The quantitative estimate of drug-likeness (QED) is 0.440. The first-order valence-corrected chi connectivity index (χ1v) is 5.61. The molecule has 1 atom stereocenters. The van der Waals surface area contributed by atoms with Crippen molar-refractivity contribution >= 4 is 11.7 Å². The summed E-state index contributed by atoms with van der Waals surface area (Å²) in [6, 6.07) is 8.46. The van der Waals surface area contributed by atoms with E-state index in [2.05, 4.69) is 10.2 Å². The summed E-state index contributed by atoms with van der Waals surface area (Å²) in [6.07, 6.45) is 0.341. The Morgan fingerprint density at radius 2 is 2.00 bits per heavy atom. The van der Waals surface area contributed by atoms with Crippen LogP contribution in [0.2, 0.25) is 0 Å². The van der Waals surface area contributed by atoms with Gasteiger partial charge >= 0.3 is 0 Å². The van der Waals surface area contributed by atoms with Crippen LogP contribution < -0.4 is 5.32 Å². The van der Waals surface area contributed by atoms with Gasteiger partial charge in [0.25, 0.3) is 11.0 Å². The molecule has 0 saturated heterocycles. The first-order chi connectivity index (χ1) is 8.99. The van der Waals surface area contributed by atoms with E-state index in [9.17, 15) is 19.7 Å². The van der Waals surface area contributed by atoms with Gasteiger partial charge in [-0.25, -0.2) is 0 Å². The summed E-state index contributed by atoms with van der Waals surface area (Å²) in [5.74, 6) is -1.44. The number of nitrogens with one attached hydrogen (secondary N) is 1. The van der Waals surface area contributed by atoms with E-state index in [4.69, 9.17) is 0 Å². The lowest BCUT2D eigenvalue weighted by Crippen LogP contribution is -2.42. The molecule has 1 amide bonds. The van der Waals surface area contributed by atoms with Crippen molar-refractivity contribution in [2.45, 2.75) is 19.4 Å². The average molecular weight is 266 g/mol. The minimum atomic E-state index is -0.933. The summed E-state index contributed by atoms with van der Waals surface area (Å²) in [5.41, 5.74) is 0.878. The van der Waals surface area contributed by atoms with Gasteiger partial charge in [0.2, 0.25) is 5.78 Å². The van der Waals surface area contributed by atoms with E-state index in [1.165, 1.54) is 0 Å². The predicted molar refractivity (Wildman–Crippen MR) is 65.7 cm³/mol. The molecule has 0 saturated carbocycles. The Bertz CT molecular complexity index is 460. The van der Waals surface area contributed by atoms with Gasteiger partial charge in [-0.3, -0.25) is 9.59 Å². The van der Waals surface area contributed by atoms with Gasteiger partial charge in [0.1, 0.15) is 6.61 Å². The van der Waals surface area contributed by atoms with Gasteiger partial charge in [-0.05, 0) is 12.0 Å². The molecule has 1 N–H and O–H groups in total. The van der Waals surface area contributed by atoms with E-state index in [0.29, 0.717) is 6.42 Å². The molecule has 0 heterocycles. The number of Topliss-reactive ketones (excluding diaryl/α,β-unsaturated/α-hetero) is 1. The van der Waals surface area contributed by atoms with Gasteiger partial charge in [0, 0.05) is 6.92 Å². The van der Waals surface area contributed by atoms with Crippen LogP contribution in [0.1, 0.15) is 12.5 Å². The maximum absolute atomic E-state index is 11.3. The van der Waals surface area contributed by atoms with E-state index in [1.807, 2.05) is 30.3 Å². The van der Waals surface area contributed by atoms with Crippen molar-refractivity contribution in [3.05, 3.63) is 46.0 Å². The second-order valence-electron chi connectivity index (χ2n) is 3.94. The summed E-state index contributed by atoms with van der Waals surface area (Å²) in [7, 11) is 0. The molecule has 1 rings (SSSR count). The van der Waals surface area contributed by atoms with Crippen molar-refractivity contribution in [3.63, 3.8) is 0 Å². The summed E-state index contributed by atoms with van der Waals surface area (Å²) in [5, 5.41) is 11.6. The summed E-state index contributed by atoms with van der Waals surface area (Å²) < 4.78 is 0. The molecule has 1 aromatic carbocycles. The number of hydrogen-bond acceptors (Lipinski definition) is 5. The monoisotopic (exact) mass is 266 g/mol. The molecule has 0 radical (unpaired) electrons. The number of hydrogen-bond donors (Lipinski definition) is 1. The largest absolute Gasteiger partial charge is 0.344 e. The highest BCUT2D eigenvalue weighted by Crippen LogP contribution is 2.04. The number of carbonyl (C=O) groups excluding carboxylic acids is 2. The van der Waals surface area contributed by atoms with E-state index in [-0.39, 0.29) is 6.61 Å². The van der Waals surface area contributed by atoms with Crippen molar-refractivity contribution in [2.75, 3.05) is 6.61 Å². The van der Waals surface area contributed by atoms with Crippen LogP contribution in [0, 0.1) is 10.1 Å². The molecule has 0 spiro atoms. The lowest BCUT2D eigenvalue weighted by atomic mass is 10.1. The molecular weight excluding hydrogens is 252 g/mol. The zero-order chi connectivity index (χ0) is 14.3. The molecule has 0 bridgehead atoms. The maximum atomic E-state index is 11.3. The van der Waals surface area contributed by atoms with Crippen LogP contribution in [0.4, 0.5) is 0 Å². The van der Waals surface area contributed by atoms with Gasteiger partial charge in [-0.2, -0.15) is 0 Å². The SMILES string of the molecule is CC(=O)C(=O)N[C@H](CO[N+](=O)[O-])Cc1ccccc1. The number of benzene rings is 1. The van der Waals surface area contributed by atoms with E-state index < -0.39 is 22.8 Å². The summed E-state index contributed by atoms with van der Waals surface area (Å²) >= 11 is 0. The van der Waals surface area contributed by atoms with Gasteiger partial charge < -0.3 is 10.2 Å². The van der Waals surface area contributed by atoms with Crippen molar-refractivity contribution in [3.8, 4) is 0 Å². The lowest BCUT2D eigenvalue weighted by molar-refractivity contribution is -0.758. The first kappa shape index (κ1) is 14.6. The van der Waals surface area contributed by atoms with Crippen LogP contribution in [-0.2, 0) is 20.8 Å². The minimum Gasteiger partial charge on any atom is -0.344 e. The van der Waals surface area contributed by atoms with Crippen molar-refractivity contribution in [1.82, 2.24) is 5.32 Å². The molecule has 0 aromatic heterocycles. The highest BCUT2D eigenvalue weighted by atomic mass is 16.9. The number of amides is 1.